The van der Waals surface area contributed by atoms with Gasteiger partial charge in [0, 0.05) is 6.15 Å². The van der Waals surface area contributed by atoms with Gasteiger partial charge < -0.3 is 0 Å². The zero-order chi connectivity index (χ0) is 13.3. The van der Waals surface area contributed by atoms with E-state index in [-0.39, 0.29) is 5.41 Å². The van der Waals surface area contributed by atoms with Gasteiger partial charge in [-0.1, -0.05) is 50.6 Å². The maximum absolute atomic E-state index is 13.0. The second kappa shape index (κ2) is 4.68. The summed E-state index contributed by atoms with van der Waals surface area (Å²) < 4.78 is 13.0. The average molecular weight is 233 g/mol. The highest BCUT2D eigenvalue weighted by atomic mass is 19.1. The van der Waals surface area contributed by atoms with Gasteiger partial charge in [0.15, 0.2) is 0 Å². The van der Waals surface area contributed by atoms with Crippen molar-refractivity contribution in [1.29, 1.82) is 0 Å². The van der Waals surface area contributed by atoms with Gasteiger partial charge in [0.1, 0.15) is 0 Å². The molecule has 0 unspecified atom stereocenters. The van der Waals surface area contributed by atoms with Crippen LogP contribution in [0.5, 0.6) is 0 Å². The van der Waals surface area contributed by atoms with Gasteiger partial charge in [0.05, 0.1) is 6.33 Å². The summed E-state index contributed by atoms with van der Waals surface area (Å²) in [4.78, 5) is 0. The number of hydrogen-bond acceptors (Lipinski definition) is 0. The lowest BCUT2D eigenvalue weighted by molar-refractivity contribution is 0.590. The van der Waals surface area contributed by atoms with Gasteiger partial charge in [-0.2, -0.15) is 25.9 Å². The van der Waals surface area contributed by atoms with Crippen molar-refractivity contribution >= 4 is 11.6 Å². The highest BCUT2D eigenvalue weighted by Gasteiger charge is 2.16. The van der Waals surface area contributed by atoms with E-state index in [0.717, 1.165) is 17.4 Å². The Morgan fingerprint density at radius 3 is 1.82 bits per heavy atom. The van der Waals surface area contributed by atoms with Gasteiger partial charge >= 0.3 is 0 Å². The zero-order valence-corrected chi connectivity index (χ0v) is 11.8. The number of hydrogen-bond donors (Lipinski definition) is 0. The standard InChI is InChI=1S/C15H23BF/c1-15(2,3)13-9-7-12(8-10-13)14(11-17)16(4,5)6/h7-11H,1-6H3/q-1/b14-11-. The molecule has 1 rings (SSSR count). The van der Waals surface area contributed by atoms with Crippen molar-refractivity contribution in [1.82, 2.24) is 0 Å². The summed E-state index contributed by atoms with van der Waals surface area (Å²) in [5.41, 5.74) is 3.23. The van der Waals surface area contributed by atoms with E-state index in [1.54, 1.807) is 0 Å². The topological polar surface area (TPSA) is 0 Å². The summed E-state index contributed by atoms with van der Waals surface area (Å²) >= 11 is 0. The number of rotatable bonds is 2. The first kappa shape index (κ1) is 14.0. The first-order valence-electron chi connectivity index (χ1n) is 6.35. The molecule has 0 atom stereocenters. The summed E-state index contributed by atoms with van der Waals surface area (Å²) in [6.07, 6.45) is -0.0588. The molecule has 0 aliphatic heterocycles. The Morgan fingerprint density at radius 1 is 1.06 bits per heavy atom. The maximum Gasteiger partial charge on any atom is 0.0521 e. The quantitative estimate of drug-likeness (QED) is 0.618. The second-order valence-corrected chi connectivity index (χ2v) is 6.99. The van der Waals surface area contributed by atoms with Gasteiger partial charge in [-0.15, -0.1) is 0 Å². The third kappa shape index (κ3) is 3.45. The van der Waals surface area contributed by atoms with E-state index in [0.29, 0.717) is 0 Å². The monoisotopic (exact) mass is 233 g/mol. The SMILES string of the molecule is C[B-](C)(C)/C(=C\F)c1ccc(C(C)(C)C)cc1. The molecule has 0 saturated heterocycles. The van der Waals surface area contributed by atoms with Crippen LogP contribution in [0, 0.1) is 0 Å². The smallest absolute Gasteiger partial charge is 0.0521 e. The highest BCUT2D eigenvalue weighted by molar-refractivity contribution is 6.93. The molecule has 0 fully saturated rings. The van der Waals surface area contributed by atoms with Crippen molar-refractivity contribution in [2.24, 2.45) is 0 Å². The Balaban J connectivity index is 3.11. The van der Waals surface area contributed by atoms with Crippen LogP contribution in [0.1, 0.15) is 31.9 Å². The summed E-state index contributed by atoms with van der Waals surface area (Å²) in [5, 5.41) is 0. The fraction of sp³-hybridized carbons (Fsp3) is 0.467. The first-order valence-corrected chi connectivity index (χ1v) is 6.35. The van der Waals surface area contributed by atoms with Crippen molar-refractivity contribution in [3.8, 4) is 0 Å². The van der Waals surface area contributed by atoms with E-state index in [2.05, 4.69) is 53.4 Å². The molecule has 0 radical (unpaired) electrons. The molecule has 0 aliphatic rings. The average Bonchev–Trinajstić information content (AvgIpc) is 2.16. The van der Waals surface area contributed by atoms with Gasteiger partial charge in [0.2, 0.25) is 0 Å². The molecule has 0 amide bonds. The van der Waals surface area contributed by atoms with Crippen molar-refractivity contribution in [3.05, 3.63) is 41.7 Å². The van der Waals surface area contributed by atoms with E-state index < -0.39 is 6.15 Å². The minimum Gasteiger partial charge on any atom is -0.219 e. The Morgan fingerprint density at radius 2 is 1.53 bits per heavy atom. The summed E-state index contributed by atoms with van der Waals surface area (Å²) in [7, 11) is 0. The van der Waals surface area contributed by atoms with Gasteiger partial charge in [0.25, 0.3) is 0 Å². The van der Waals surface area contributed by atoms with Crippen LogP contribution in [0.3, 0.4) is 0 Å². The Bertz CT molecular complexity index is 402. The summed E-state index contributed by atoms with van der Waals surface area (Å²) in [6.45, 7) is 12.8. The second-order valence-electron chi connectivity index (χ2n) is 6.99. The third-order valence-corrected chi connectivity index (χ3v) is 3.13. The number of halogens is 1. The molecular weight excluding hydrogens is 210 g/mol. The predicted octanol–water partition coefficient (Wildman–Crippen LogP) is 5.17. The lowest BCUT2D eigenvalue weighted by atomic mass is 9.25. The summed E-state index contributed by atoms with van der Waals surface area (Å²) in [5.74, 6) is 0. The molecule has 0 spiro atoms. The van der Waals surface area contributed by atoms with Crippen LogP contribution in [0.25, 0.3) is 5.47 Å². The minimum absolute atomic E-state index is 0.144. The van der Waals surface area contributed by atoms with Gasteiger partial charge in [-0.25, -0.2) is 4.39 Å². The molecule has 0 N–H and O–H groups in total. The highest BCUT2D eigenvalue weighted by Crippen LogP contribution is 2.28. The molecule has 0 aromatic heterocycles. The van der Waals surface area contributed by atoms with E-state index in [1.807, 2.05) is 12.1 Å². The molecule has 0 bridgehead atoms. The van der Waals surface area contributed by atoms with Crippen LogP contribution in [0.4, 0.5) is 4.39 Å². The van der Waals surface area contributed by atoms with Crippen LogP contribution in [0.2, 0.25) is 20.5 Å². The normalized spacial score (nSPS) is 13.9. The Labute approximate surface area is 105 Å². The van der Waals surface area contributed by atoms with Gasteiger partial charge in [-0.05, 0) is 11.0 Å². The van der Waals surface area contributed by atoms with E-state index in [1.165, 1.54) is 5.56 Å². The van der Waals surface area contributed by atoms with Crippen molar-refractivity contribution in [3.63, 3.8) is 0 Å². The maximum atomic E-state index is 13.0. The molecule has 17 heavy (non-hydrogen) atoms. The van der Waals surface area contributed by atoms with Crippen LogP contribution < -0.4 is 0 Å². The molecule has 2 heteroatoms. The van der Waals surface area contributed by atoms with Crippen molar-refractivity contribution < 1.29 is 4.39 Å². The van der Waals surface area contributed by atoms with E-state index in [4.69, 9.17) is 0 Å². The first-order chi connectivity index (χ1) is 7.66. The molecule has 0 saturated carbocycles. The fourth-order valence-corrected chi connectivity index (χ4v) is 1.91. The lowest BCUT2D eigenvalue weighted by Gasteiger charge is -2.29. The molecular formula is C15H23BF-. The Hall–Kier alpha value is -1.05. The van der Waals surface area contributed by atoms with Crippen LogP contribution in [-0.2, 0) is 5.41 Å². The summed E-state index contributed by atoms with van der Waals surface area (Å²) in [6, 6.07) is 8.25. The third-order valence-electron chi connectivity index (χ3n) is 3.13. The van der Waals surface area contributed by atoms with Crippen LogP contribution >= 0.6 is 0 Å². The lowest BCUT2D eigenvalue weighted by Crippen LogP contribution is -2.22. The fourth-order valence-electron chi connectivity index (χ4n) is 1.91. The largest absolute Gasteiger partial charge is 0.219 e. The van der Waals surface area contributed by atoms with E-state index in [9.17, 15) is 4.39 Å². The molecule has 94 valence electrons. The molecule has 0 heterocycles. The van der Waals surface area contributed by atoms with E-state index >= 15 is 0 Å². The van der Waals surface area contributed by atoms with Crippen LogP contribution in [0.15, 0.2) is 30.6 Å². The van der Waals surface area contributed by atoms with Crippen LogP contribution in [-0.4, -0.2) is 6.15 Å². The Kier molecular flexibility index (Phi) is 3.86. The minimum atomic E-state index is -0.815. The number of benzene rings is 1. The predicted molar refractivity (Wildman–Crippen MR) is 77.6 cm³/mol. The molecule has 1 aromatic rings. The molecule has 0 nitrogen and oxygen atoms in total. The van der Waals surface area contributed by atoms with Crippen molar-refractivity contribution in [2.45, 2.75) is 46.7 Å². The molecule has 0 aliphatic carbocycles. The zero-order valence-electron chi connectivity index (χ0n) is 11.8. The van der Waals surface area contributed by atoms with Crippen molar-refractivity contribution in [2.75, 3.05) is 0 Å². The molecule has 1 aromatic carbocycles. The van der Waals surface area contributed by atoms with Gasteiger partial charge in [-0.3, -0.25) is 0 Å².